The molecule has 0 radical (unpaired) electrons. The van der Waals surface area contributed by atoms with Crippen LogP contribution in [0.4, 0.5) is 5.82 Å². The lowest BCUT2D eigenvalue weighted by Gasteiger charge is -2.07. The first-order valence-electron chi connectivity index (χ1n) is 6.77. The Balaban J connectivity index is 1.62. The van der Waals surface area contributed by atoms with Crippen molar-refractivity contribution in [2.45, 2.75) is 19.8 Å². The van der Waals surface area contributed by atoms with Gasteiger partial charge in [-0.15, -0.1) is 0 Å². The zero-order valence-electron chi connectivity index (χ0n) is 11.4. The fourth-order valence-corrected chi connectivity index (χ4v) is 2.26. The number of H-pyrrole nitrogens is 1. The van der Waals surface area contributed by atoms with Crippen molar-refractivity contribution in [3.63, 3.8) is 0 Å². The molecule has 0 atom stereocenters. The van der Waals surface area contributed by atoms with Gasteiger partial charge in [-0.1, -0.05) is 12.1 Å². The maximum atomic E-state index is 4.32. The van der Waals surface area contributed by atoms with Gasteiger partial charge in [-0.05, 0) is 37.5 Å². The average Bonchev–Trinajstić information content (AvgIpc) is 2.89. The van der Waals surface area contributed by atoms with E-state index in [1.165, 1.54) is 5.56 Å². The van der Waals surface area contributed by atoms with Crippen LogP contribution in [-0.4, -0.2) is 26.7 Å². The highest BCUT2D eigenvalue weighted by Gasteiger charge is 2.03. The number of aromatic nitrogens is 4. The summed E-state index contributed by atoms with van der Waals surface area (Å²) in [6.07, 6.45) is 5.55. The summed E-state index contributed by atoms with van der Waals surface area (Å²) in [6.45, 7) is 2.93. The standard InChI is InChI=1S/C15H17N5/c1-11-12(9-19-20-11)5-4-8-16-15-13-6-2-3-7-14(13)17-10-18-15/h2-3,6-7,9-10H,4-5,8H2,1H3,(H,19,20)(H,16,17,18). The van der Waals surface area contributed by atoms with Gasteiger partial charge in [-0.3, -0.25) is 5.10 Å². The van der Waals surface area contributed by atoms with Gasteiger partial charge in [0.05, 0.1) is 11.7 Å². The zero-order chi connectivity index (χ0) is 13.8. The highest BCUT2D eigenvalue weighted by Crippen LogP contribution is 2.18. The quantitative estimate of drug-likeness (QED) is 0.697. The van der Waals surface area contributed by atoms with Crippen molar-refractivity contribution in [2.24, 2.45) is 0 Å². The summed E-state index contributed by atoms with van der Waals surface area (Å²) in [6, 6.07) is 8.03. The number of rotatable bonds is 5. The summed E-state index contributed by atoms with van der Waals surface area (Å²) >= 11 is 0. The van der Waals surface area contributed by atoms with Crippen LogP contribution in [0, 0.1) is 6.92 Å². The van der Waals surface area contributed by atoms with Crippen LogP contribution in [0.5, 0.6) is 0 Å². The van der Waals surface area contributed by atoms with Crippen molar-refractivity contribution in [1.82, 2.24) is 20.2 Å². The number of aromatic amines is 1. The Kier molecular flexibility index (Phi) is 3.58. The van der Waals surface area contributed by atoms with Gasteiger partial charge in [-0.2, -0.15) is 5.10 Å². The molecule has 2 heterocycles. The predicted octanol–water partition coefficient (Wildman–Crippen LogP) is 2.71. The van der Waals surface area contributed by atoms with Gasteiger partial charge >= 0.3 is 0 Å². The molecule has 0 aliphatic heterocycles. The number of benzene rings is 1. The minimum atomic E-state index is 0.881. The Bertz CT molecular complexity index is 699. The Morgan fingerprint density at radius 3 is 2.95 bits per heavy atom. The van der Waals surface area contributed by atoms with E-state index in [0.717, 1.165) is 41.8 Å². The summed E-state index contributed by atoms with van der Waals surface area (Å²) in [5.74, 6) is 0.902. The molecule has 0 aliphatic rings. The van der Waals surface area contributed by atoms with E-state index >= 15 is 0 Å². The van der Waals surface area contributed by atoms with Gasteiger partial charge in [0.1, 0.15) is 12.1 Å². The van der Waals surface area contributed by atoms with E-state index in [1.54, 1.807) is 6.33 Å². The summed E-state index contributed by atoms with van der Waals surface area (Å²) in [5, 5.41) is 11.4. The van der Waals surface area contributed by atoms with E-state index in [4.69, 9.17) is 0 Å². The SMILES string of the molecule is Cc1[nH]ncc1CCCNc1ncnc2ccccc12. The van der Waals surface area contributed by atoms with Crippen LogP contribution in [0.1, 0.15) is 17.7 Å². The Hall–Kier alpha value is -2.43. The Morgan fingerprint density at radius 2 is 2.10 bits per heavy atom. The topological polar surface area (TPSA) is 66.5 Å². The number of aryl methyl sites for hydroxylation is 2. The van der Waals surface area contributed by atoms with E-state index < -0.39 is 0 Å². The molecule has 3 rings (SSSR count). The average molecular weight is 267 g/mol. The highest BCUT2D eigenvalue weighted by atomic mass is 15.1. The van der Waals surface area contributed by atoms with Crippen molar-refractivity contribution >= 4 is 16.7 Å². The van der Waals surface area contributed by atoms with Crippen LogP contribution in [0.2, 0.25) is 0 Å². The predicted molar refractivity (Wildman–Crippen MR) is 79.7 cm³/mol. The molecule has 0 saturated heterocycles. The molecule has 0 bridgehead atoms. The first-order chi connectivity index (χ1) is 9.84. The molecule has 3 aromatic rings. The number of nitrogens with one attached hydrogen (secondary N) is 2. The van der Waals surface area contributed by atoms with Crippen LogP contribution in [-0.2, 0) is 6.42 Å². The maximum Gasteiger partial charge on any atom is 0.137 e. The fraction of sp³-hybridized carbons (Fsp3) is 0.267. The first-order valence-corrected chi connectivity index (χ1v) is 6.77. The third kappa shape index (κ3) is 2.61. The zero-order valence-corrected chi connectivity index (χ0v) is 11.4. The number of hydrogen-bond donors (Lipinski definition) is 2. The fourth-order valence-electron chi connectivity index (χ4n) is 2.26. The third-order valence-electron chi connectivity index (χ3n) is 3.39. The highest BCUT2D eigenvalue weighted by molar-refractivity contribution is 5.88. The summed E-state index contributed by atoms with van der Waals surface area (Å²) < 4.78 is 0. The molecule has 0 amide bonds. The molecule has 0 unspecified atom stereocenters. The van der Waals surface area contributed by atoms with Crippen LogP contribution in [0.15, 0.2) is 36.8 Å². The second-order valence-electron chi connectivity index (χ2n) is 4.79. The molecule has 2 N–H and O–H groups in total. The number of fused-ring (bicyclic) bond motifs is 1. The lowest BCUT2D eigenvalue weighted by Crippen LogP contribution is -2.05. The van der Waals surface area contributed by atoms with Crippen molar-refractivity contribution in [2.75, 3.05) is 11.9 Å². The Labute approximate surface area is 117 Å². The second kappa shape index (κ2) is 5.69. The van der Waals surface area contributed by atoms with E-state index in [-0.39, 0.29) is 0 Å². The summed E-state index contributed by atoms with van der Waals surface area (Å²) in [4.78, 5) is 8.58. The molecule has 2 aromatic heterocycles. The van der Waals surface area contributed by atoms with Crippen molar-refractivity contribution in [3.05, 3.63) is 48.0 Å². The molecule has 0 saturated carbocycles. The molecule has 1 aromatic carbocycles. The normalized spacial score (nSPS) is 10.8. The molecule has 5 nitrogen and oxygen atoms in total. The van der Waals surface area contributed by atoms with Gasteiger partial charge in [0, 0.05) is 17.6 Å². The number of hydrogen-bond acceptors (Lipinski definition) is 4. The number of anilines is 1. The molecule has 0 aliphatic carbocycles. The molecule has 0 spiro atoms. The van der Waals surface area contributed by atoms with Crippen LogP contribution >= 0.6 is 0 Å². The van der Waals surface area contributed by atoms with Gasteiger partial charge in [0.15, 0.2) is 0 Å². The Morgan fingerprint density at radius 1 is 1.20 bits per heavy atom. The summed E-state index contributed by atoms with van der Waals surface area (Å²) in [7, 11) is 0. The van der Waals surface area contributed by atoms with Crippen LogP contribution < -0.4 is 5.32 Å². The molecule has 0 fully saturated rings. The largest absolute Gasteiger partial charge is 0.369 e. The van der Waals surface area contributed by atoms with Crippen molar-refractivity contribution in [1.29, 1.82) is 0 Å². The van der Waals surface area contributed by atoms with Crippen LogP contribution in [0.3, 0.4) is 0 Å². The monoisotopic (exact) mass is 267 g/mol. The minimum absolute atomic E-state index is 0.881. The number of nitrogens with zero attached hydrogens (tertiary/aromatic N) is 3. The molecule has 102 valence electrons. The lowest BCUT2D eigenvalue weighted by molar-refractivity contribution is 0.854. The third-order valence-corrected chi connectivity index (χ3v) is 3.39. The van der Waals surface area contributed by atoms with Gasteiger partial charge < -0.3 is 5.32 Å². The van der Waals surface area contributed by atoms with Crippen LogP contribution in [0.25, 0.3) is 10.9 Å². The van der Waals surface area contributed by atoms with E-state index in [1.807, 2.05) is 37.4 Å². The maximum absolute atomic E-state index is 4.32. The molecular formula is C15H17N5. The van der Waals surface area contributed by atoms with Crippen molar-refractivity contribution in [3.8, 4) is 0 Å². The summed E-state index contributed by atoms with van der Waals surface area (Å²) in [5.41, 5.74) is 3.40. The molecule has 5 heteroatoms. The van der Waals surface area contributed by atoms with E-state index in [0.29, 0.717) is 0 Å². The first kappa shape index (κ1) is 12.6. The van der Waals surface area contributed by atoms with E-state index in [2.05, 4.69) is 25.5 Å². The second-order valence-corrected chi connectivity index (χ2v) is 4.79. The smallest absolute Gasteiger partial charge is 0.137 e. The lowest BCUT2D eigenvalue weighted by atomic mass is 10.1. The molecular weight excluding hydrogens is 250 g/mol. The van der Waals surface area contributed by atoms with Gasteiger partial charge in [-0.25, -0.2) is 9.97 Å². The van der Waals surface area contributed by atoms with Gasteiger partial charge in [0.2, 0.25) is 0 Å². The van der Waals surface area contributed by atoms with E-state index in [9.17, 15) is 0 Å². The molecule has 20 heavy (non-hydrogen) atoms. The minimum Gasteiger partial charge on any atom is -0.369 e. The van der Waals surface area contributed by atoms with Crippen molar-refractivity contribution < 1.29 is 0 Å². The number of para-hydroxylation sites is 1. The van der Waals surface area contributed by atoms with Gasteiger partial charge in [0.25, 0.3) is 0 Å².